The van der Waals surface area contributed by atoms with Gasteiger partial charge in [-0.15, -0.1) is 0 Å². The van der Waals surface area contributed by atoms with Gasteiger partial charge in [0.2, 0.25) is 0 Å². The zero-order valence-electron chi connectivity index (χ0n) is 14.9. The predicted octanol–water partition coefficient (Wildman–Crippen LogP) is 1.87. The van der Waals surface area contributed by atoms with Crippen molar-refractivity contribution in [3.63, 3.8) is 0 Å². The van der Waals surface area contributed by atoms with Crippen molar-refractivity contribution in [1.82, 2.24) is 5.32 Å². The lowest BCUT2D eigenvalue weighted by molar-refractivity contribution is -0.140. The van der Waals surface area contributed by atoms with Crippen molar-refractivity contribution in [2.75, 3.05) is 12.4 Å². The van der Waals surface area contributed by atoms with E-state index >= 15 is 0 Å². The Kier molecular flexibility index (Phi) is 7.13. The molecule has 0 saturated carbocycles. The van der Waals surface area contributed by atoms with E-state index in [1.807, 2.05) is 20.8 Å². The highest BCUT2D eigenvalue weighted by Gasteiger charge is 2.22. The Bertz CT molecular complexity index is 721. The Labute approximate surface area is 148 Å². The fourth-order valence-corrected chi connectivity index (χ4v) is 2.91. The van der Waals surface area contributed by atoms with Crippen LogP contribution in [0.2, 0.25) is 0 Å². The maximum Gasteiger partial charge on any atom is 0.326 e. The number of nitrogens with one attached hydrogen (secondary N) is 1. The van der Waals surface area contributed by atoms with Gasteiger partial charge in [-0.1, -0.05) is 13.0 Å². The van der Waals surface area contributed by atoms with Crippen LogP contribution < -0.4 is 5.32 Å². The summed E-state index contributed by atoms with van der Waals surface area (Å²) in [6.45, 7) is 7.23. The van der Waals surface area contributed by atoms with Gasteiger partial charge in [0, 0.05) is 18.6 Å². The zero-order chi connectivity index (χ0) is 19.3. The number of carbonyl (C=O) groups excluding carboxylic acids is 1. The summed E-state index contributed by atoms with van der Waals surface area (Å²) in [6, 6.07) is 4.42. The van der Waals surface area contributed by atoms with Gasteiger partial charge in [-0.25, -0.2) is 13.2 Å². The Morgan fingerprint density at radius 2 is 1.92 bits per heavy atom. The second kappa shape index (κ2) is 8.44. The number of aliphatic carboxylic acids is 1. The van der Waals surface area contributed by atoms with E-state index in [2.05, 4.69) is 5.32 Å². The van der Waals surface area contributed by atoms with Gasteiger partial charge in [-0.05, 0) is 39.0 Å². The van der Waals surface area contributed by atoms with Crippen LogP contribution in [0.15, 0.2) is 29.2 Å². The SMILES string of the molecule is CCS(=O)(=O)c1cccc(C(=O)NC(CCOC(C)(C)C)C(=O)O)c1. The Hall–Kier alpha value is -1.93. The topological polar surface area (TPSA) is 110 Å². The number of hydrogen-bond acceptors (Lipinski definition) is 5. The molecule has 1 unspecified atom stereocenters. The quantitative estimate of drug-likeness (QED) is 0.722. The maximum atomic E-state index is 12.3. The van der Waals surface area contributed by atoms with Crippen LogP contribution in [0.25, 0.3) is 0 Å². The summed E-state index contributed by atoms with van der Waals surface area (Å²) < 4.78 is 29.3. The maximum absolute atomic E-state index is 12.3. The second-order valence-corrected chi connectivity index (χ2v) is 8.82. The first-order valence-electron chi connectivity index (χ1n) is 7.96. The van der Waals surface area contributed by atoms with Crippen LogP contribution >= 0.6 is 0 Å². The minimum Gasteiger partial charge on any atom is -0.480 e. The predicted molar refractivity (Wildman–Crippen MR) is 93.4 cm³/mol. The van der Waals surface area contributed by atoms with Gasteiger partial charge in [0.1, 0.15) is 6.04 Å². The molecule has 0 saturated heterocycles. The molecular weight excluding hydrogens is 346 g/mol. The van der Waals surface area contributed by atoms with Crippen LogP contribution in [-0.2, 0) is 19.4 Å². The first-order valence-corrected chi connectivity index (χ1v) is 9.62. The molecule has 0 spiro atoms. The fraction of sp³-hybridized carbons (Fsp3) is 0.529. The van der Waals surface area contributed by atoms with Crippen molar-refractivity contribution in [3.8, 4) is 0 Å². The van der Waals surface area contributed by atoms with Crippen molar-refractivity contribution in [1.29, 1.82) is 0 Å². The third kappa shape index (κ3) is 6.83. The molecule has 0 aliphatic carbocycles. The number of carboxylic acids is 1. The van der Waals surface area contributed by atoms with Gasteiger partial charge in [0.05, 0.1) is 16.2 Å². The van der Waals surface area contributed by atoms with Crippen LogP contribution in [0, 0.1) is 0 Å². The highest BCUT2D eigenvalue weighted by Crippen LogP contribution is 2.14. The highest BCUT2D eigenvalue weighted by atomic mass is 32.2. The van der Waals surface area contributed by atoms with E-state index in [4.69, 9.17) is 4.74 Å². The summed E-state index contributed by atoms with van der Waals surface area (Å²) in [5.41, 5.74) is -0.312. The summed E-state index contributed by atoms with van der Waals surface area (Å²) in [5, 5.41) is 11.7. The van der Waals surface area contributed by atoms with E-state index in [1.54, 1.807) is 0 Å². The number of hydrogen-bond donors (Lipinski definition) is 2. The molecular formula is C17H25NO6S. The van der Waals surface area contributed by atoms with Crippen molar-refractivity contribution in [3.05, 3.63) is 29.8 Å². The summed E-state index contributed by atoms with van der Waals surface area (Å²) in [6.07, 6.45) is 0.102. The fourth-order valence-electron chi connectivity index (χ4n) is 1.98. The molecule has 0 aromatic heterocycles. The molecule has 0 fully saturated rings. The van der Waals surface area contributed by atoms with Gasteiger partial charge in [-0.2, -0.15) is 0 Å². The molecule has 1 rings (SSSR count). The van der Waals surface area contributed by atoms with Crippen LogP contribution in [0.1, 0.15) is 44.5 Å². The van der Waals surface area contributed by atoms with Gasteiger partial charge in [0.25, 0.3) is 5.91 Å². The van der Waals surface area contributed by atoms with Crippen molar-refractivity contribution in [2.24, 2.45) is 0 Å². The van der Waals surface area contributed by atoms with E-state index in [0.717, 1.165) is 0 Å². The molecule has 7 nitrogen and oxygen atoms in total. The molecule has 1 atom stereocenters. The molecule has 8 heteroatoms. The summed E-state index contributed by atoms with van der Waals surface area (Å²) in [5.74, 6) is -1.90. The van der Waals surface area contributed by atoms with Gasteiger partial charge >= 0.3 is 5.97 Å². The van der Waals surface area contributed by atoms with Crippen molar-refractivity contribution in [2.45, 2.75) is 50.7 Å². The third-order valence-electron chi connectivity index (χ3n) is 3.38. The molecule has 25 heavy (non-hydrogen) atoms. The number of rotatable bonds is 8. The smallest absolute Gasteiger partial charge is 0.326 e. The average Bonchev–Trinajstić information content (AvgIpc) is 2.52. The number of sulfone groups is 1. The van der Waals surface area contributed by atoms with Crippen LogP contribution in [-0.4, -0.2) is 49.4 Å². The minimum atomic E-state index is -3.45. The molecule has 0 aliphatic rings. The van der Waals surface area contributed by atoms with Crippen molar-refractivity contribution < 1.29 is 27.9 Å². The molecule has 0 aliphatic heterocycles. The third-order valence-corrected chi connectivity index (χ3v) is 5.11. The second-order valence-electron chi connectivity index (χ2n) is 6.55. The lowest BCUT2D eigenvalue weighted by Crippen LogP contribution is -2.42. The summed E-state index contributed by atoms with van der Waals surface area (Å²) >= 11 is 0. The first kappa shape index (κ1) is 21.1. The van der Waals surface area contributed by atoms with Gasteiger partial charge in [0.15, 0.2) is 9.84 Å². The number of benzene rings is 1. The molecule has 1 aromatic rings. The molecule has 140 valence electrons. The van der Waals surface area contributed by atoms with Gasteiger partial charge < -0.3 is 15.2 Å². The van der Waals surface area contributed by atoms with Crippen LogP contribution in [0.5, 0.6) is 0 Å². The molecule has 1 aromatic carbocycles. The van der Waals surface area contributed by atoms with E-state index in [0.29, 0.717) is 0 Å². The highest BCUT2D eigenvalue weighted by molar-refractivity contribution is 7.91. The Morgan fingerprint density at radius 3 is 2.44 bits per heavy atom. The number of amides is 1. The monoisotopic (exact) mass is 371 g/mol. The average molecular weight is 371 g/mol. The standard InChI is InChI=1S/C17H25NO6S/c1-5-25(22,23)13-8-6-7-12(11-13)15(19)18-14(16(20)21)9-10-24-17(2,3)4/h6-8,11,14H,5,9-10H2,1-4H3,(H,18,19)(H,20,21). The number of carbonyl (C=O) groups is 2. The molecule has 2 N–H and O–H groups in total. The number of ether oxygens (including phenoxy) is 1. The summed E-state index contributed by atoms with van der Waals surface area (Å²) in [4.78, 5) is 23.6. The summed E-state index contributed by atoms with van der Waals surface area (Å²) in [7, 11) is -3.45. The van der Waals surface area contributed by atoms with Crippen LogP contribution in [0.4, 0.5) is 0 Å². The Morgan fingerprint density at radius 1 is 1.28 bits per heavy atom. The lowest BCUT2D eigenvalue weighted by Gasteiger charge is -2.21. The molecule has 0 heterocycles. The van der Waals surface area contributed by atoms with E-state index in [-0.39, 0.29) is 29.2 Å². The minimum absolute atomic E-state index is 0.0330. The molecule has 1 amide bonds. The Balaban J connectivity index is 2.84. The van der Waals surface area contributed by atoms with Gasteiger partial charge in [-0.3, -0.25) is 4.79 Å². The van der Waals surface area contributed by atoms with E-state index in [9.17, 15) is 23.1 Å². The normalized spacial score (nSPS) is 13.3. The zero-order valence-corrected chi connectivity index (χ0v) is 15.7. The molecule has 0 radical (unpaired) electrons. The lowest BCUT2D eigenvalue weighted by atomic mass is 10.1. The van der Waals surface area contributed by atoms with E-state index < -0.39 is 33.4 Å². The first-order chi connectivity index (χ1) is 11.5. The van der Waals surface area contributed by atoms with E-state index in [1.165, 1.54) is 31.2 Å². The van der Waals surface area contributed by atoms with Crippen LogP contribution in [0.3, 0.4) is 0 Å². The largest absolute Gasteiger partial charge is 0.480 e. The van der Waals surface area contributed by atoms with Crippen molar-refractivity contribution >= 4 is 21.7 Å². The number of carboxylic acid groups (broad SMARTS) is 1. The molecule has 0 bridgehead atoms.